The lowest BCUT2D eigenvalue weighted by atomic mass is 10.0. The Morgan fingerprint density at radius 2 is 1.88 bits per heavy atom. The number of carbonyl (C=O) groups is 2. The van der Waals surface area contributed by atoms with E-state index in [4.69, 9.17) is 4.74 Å². The number of hydrogen-bond acceptors (Lipinski definition) is 4. The van der Waals surface area contributed by atoms with Crippen molar-refractivity contribution in [2.45, 2.75) is 25.8 Å². The molecule has 1 aliphatic rings. The molecule has 0 bridgehead atoms. The second-order valence-electron chi connectivity index (χ2n) is 6.24. The van der Waals surface area contributed by atoms with Gasteiger partial charge in [0.15, 0.2) is 0 Å². The highest BCUT2D eigenvalue weighted by molar-refractivity contribution is 5.95. The maximum Gasteiger partial charge on any atom is 0.409 e. The molecular weight excluding hydrogens is 339 g/mol. The zero-order chi connectivity index (χ0) is 18.7. The van der Waals surface area contributed by atoms with Crippen molar-refractivity contribution in [1.82, 2.24) is 20.0 Å². The number of nitrogens with zero attached hydrogens (tertiary/aromatic N) is 3. The second-order valence-corrected chi connectivity index (χ2v) is 6.24. The predicted octanol–water partition coefficient (Wildman–Crippen LogP) is 2.28. The van der Waals surface area contributed by atoms with Gasteiger partial charge in [0.05, 0.1) is 30.3 Å². The molecule has 26 heavy (non-hydrogen) atoms. The standard InChI is InChI=1S/C18H21FN4O3/c1-12-16(11-20-23(12)15-5-3-13(19)4-6-15)17(24)21-14-7-9-22(10-8-14)18(25)26-2/h3-6,11,14H,7-10H2,1-2H3,(H,21,24). The summed E-state index contributed by atoms with van der Waals surface area (Å²) in [5.41, 5.74) is 1.85. The molecule has 2 amide bonds. The largest absolute Gasteiger partial charge is 0.453 e. The van der Waals surface area contributed by atoms with Crippen LogP contribution in [-0.2, 0) is 4.74 Å². The third-order valence-corrected chi connectivity index (χ3v) is 4.59. The van der Waals surface area contributed by atoms with E-state index in [1.807, 2.05) is 0 Å². The second kappa shape index (κ2) is 7.55. The predicted molar refractivity (Wildman–Crippen MR) is 92.7 cm³/mol. The lowest BCUT2D eigenvalue weighted by molar-refractivity contribution is 0.0891. The number of amides is 2. The molecule has 1 aliphatic heterocycles. The van der Waals surface area contributed by atoms with Crippen LogP contribution in [0.2, 0.25) is 0 Å². The van der Waals surface area contributed by atoms with Crippen molar-refractivity contribution >= 4 is 12.0 Å². The van der Waals surface area contributed by atoms with E-state index in [9.17, 15) is 14.0 Å². The van der Waals surface area contributed by atoms with Gasteiger partial charge in [-0.05, 0) is 44.0 Å². The van der Waals surface area contributed by atoms with Gasteiger partial charge < -0.3 is 15.0 Å². The highest BCUT2D eigenvalue weighted by atomic mass is 19.1. The summed E-state index contributed by atoms with van der Waals surface area (Å²) in [7, 11) is 1.36. The maximum atomic E-state index is 13.1. The normalized spacial score (nSPS) is 15.0. The Labute approximate surface area is 150 Å². The topological polar surface area (TPSA) is 76.5 Å². The molecule has 1 fully saturated rings. The first-order valence-corrected chi connectivity index (χ1v) is 8.44. The molecule has 1 N–H and O–H groups in total. The smallest absolute Gasteiger partial charge is 0.409 e. The highest BCUT2D eigenvalue weighted by Crippen LogP contribution is 2.16. The molecule has 138 valence electrons. The molecule has 0 spiro atoms. The van der Waals surface area contributed by atoms with Crippen LogP contribution >= 0.6 is 0 Å². The van der Waals surface area contributed by atoms with E-state index in [0.717, 1.165) is 0 Å². The van der Waals surface area contributed by atoms with Gasteiger partial charge in [0.2, 0.25) is 0 Å². The molecule has 8 heteroatoms. The number of ether oxygens (including phenoxy) is 1. The lowest BCUT2D eigenvalue weighted by Gasteiger charge is -2.31. The van der Waals surface area contributed by atoms with Crippen LogP contribution < -0.4 is 5.32 Å². The quantitative estimate of drug-likeness (QED) is 0.911. The summed E-state index contributed by atoms with van der Waals surface area (Å²) in [6, 6.07) is 5.92. The maximum absolute atomic E-state index is 13.1. The lowest BCUT2D eigenvalue weighted by Crippen LogP contribution is -2.46. The number of piperidine rings is 1. The fraction of sp³-hybridized carbons (Fsp3) is 0.389. The number of rotatable bonds is 3. The van der Waals surface area contributed by atoms with Crippen molar-refractivity contribution in [3.8, 4) is 5.69 Å². The first-order chi connectivity index (χ1) is 12.5. The number of methoxy groups -OCH3 is 1. The minimum Gasteiger partial charge on any atom is -0.453 e. The fourth-order valence-electron chi connectivity index (χ4n) is 3.07. The van der Waals surface area contributed by atoms with Crippen LogP contribution in [0.4, 0.5) is 9.18 Å². The molecule has 7 nitrogen and oxygen atoms in total. The molecule has 1 aromatic carbocycles. The molecule has 3 rings (SSSR count). The summed E-state index contributed by atoms with van der Waals surface area (Å²) < 4.78 is 19.4. The van der Waals surface area contributed by atoms with Crippen molar-refractivity contribution in [2.75, 3.05) is 20.2 Å². The van der Waals surface area contributed by atoms with Crippen molar-refractivity contribution in [2.24, 2.45) is 0 Å². The summed E-state index contributed by atoms with van der Waals surface area (Å²) in [4.78, 5) is 25.7. The number of hydrogen-bond donors (Lipinski definition) is 1. The first kappa shape index (κ1) is 17.9. The van der Waals surface area contributed by atoms with Crippen molar-refractivity contribution in [3.05, 3.63) is 47.5 Å². The van der Waals surface area contributed by atoms with Gasteiger partial charge in [0.25, 0.3) is 5.91 Å². The van der Waals surface area contributed by atoms with Crippen LogP contribution in [0.15, 0.2) is 30.5 Å². The minimum atomic E-state index is -0.341. The van der Waals surface area contributed by atoms with Crippen LogP contribution in [0.25, 0.3) is 5.69 Å². The van der Waals surface area contributed by atoms with E-state index in [1.165, 1.54) is 25.4 Å². The van der Waals surface area contributed by atoms with E-state index in [-0.39, 0.29) is 23.9 Å². The van der Waals surface area contributed by atoms with Crippen LogP contribution in [0.3, 0.4) is 0 Å². The Morgan fingerprint density at radius 1 is 1.23 bits per heavy atom. The summed E-state index contributed by atoms with van der Waals surface area (Å²) >= 11 is 0. The average Bonchev–Trinajstić information content (AvgIpc) is 3.04. The van der Waals surface area contributed by atoms with E-state index in [2.05, 4.69) is 10.4 Å². The average molecular weight is 360 g/mol. The third kappa shape index (κ3) is 3.68. The zero-order valence-electron chi connectivity index (χ0n) is 14.7. The molecule has 2 heterocycles. The van der Waals surface area contributed by atoms with Gasteiger partial charge in [0, 0.05) is 19.1 Å². The summed E-state index contributed by atoms with van der Waals surface area (Å²) in [5.74, 6) is -0.526. The van der Waals surface area contributed by atoms with Gasteiger partial charge in [-0.25, -0.2) is 13.9 Å². The Bertz CT molecular complexity index is 795. The van der Waals surface area contributed by atoms with Crippen LogP contribution in [-0.4, -0.2) is 52.9 Å². The van der Waals surface area contributed by atoms with E-state index >= 15 is 0 Å². The van der Waals surface area contributed by atoms with Crippen molar-refractivity contribution < 1.29 is 18.7 Å². The molecule has 0 aliphatic carbocycles. The van der Waals surface area contributed by atoms with Gasteiger partial charge in [-0.15, -0.1) is 0 Å². The Balaban J connectivity index is 1.64. The molecule has 0 radical (unpaired) electrons. The molecule has 0 unspecified atom stereocenters. The number of likely N-dealkylation sites (tertiary alicyclic amines) is 1. The third-order valence-electron chi connectivity index (χ3n) is 4.59. The van der Waals surface area contributed by atoms with Gasteiger partial charge in [0.1, 0.15) is 5.82 Å². The van der Waals surface area contributed by atoms with Crippen molar-refractivity contribution in [1.29, 1.82) is 0 Å². The molecule has 1 saturated heterocycles. The van der Waals surface area contributed by atoms with Gasteiger partial charge >= 0.3 is 6.09 Å². The zero-order valence-corrected chi connectivity index (χ0v) is 14.7. The summed E-state index contributed by atoms with van der Waals surface area (Å²) in [6.07, 6.45) is 2.52. The van der Waals surface area contributed by atoms with E-state index < -0.39 is 0 Å². The SMILES string of the molecule is COC(=O)N1CCC(NC(=O)c2cnn(-c3ccc(F)cc3)c2C)CC1. The summed E-state index contributed by atoms with van der Waals surface area (Å²) in [5, 5.41) is 7.24. The van der Waals surface area contributed by atoms with Gasteiger partial charge in [-0.3, -0.25) is 4.79 Å². The number of carbonyl (C=O) groups excluding carboxylic acids is 2. The van der Waals surface area contributed by atoms with E-state index in [1.54, 1.807) is 28.6 Å². The Morgan fingerprint density at radius 3 is 2.50 bits per heavy atom. The molecule has 1 aromatic heterocycles. The monoisotopic (exact) mass is 360 g/mol. The fourth-order valence-corrected chi connectivity index (χ4v) is 3.07. The van der Waals surface area contributed by atoms with Crippen LogP contribution in [0, 0.1) is 12.7 Å². The van der Waals surface area contributed by atoms with Crippen LogP contribution in [0.5, 0.6) is 0 Å². The van der Waals surface area contributed by atoms with Gasteiger partial charge in [-0.1, -0.05) is 0 Å². The van der Waals surface area contributed by atoms with Crippen molar-refractivity contribution in [3.63, 3.8) is 0 Å². The number of halogens is 1. The molecular formula is C18H21FN4O3. The Kier molecular flexibility index (Phi) is 5.20. The molecule has 0 saturated carbocycles. The van der Waals surface area contributed by atoms with E-state index in [0.29, 0.717) is 42.9 Å². The summed E-state index contributed by atoms with van der Waals surface area (Å²) in [6.45, 7) is 2.89. The molecule has 2 aromatic rings. The molecule has 0 atom stereocenters. The minimum absolute atomic E-state index is 0.00280. The Hall–Kier alpha value is -2.90. The number of benzene rings is 1. The van der Waals surface area contributed by atoms with Gasteiger partial charge in [-0.2, -0.15) is 5.10 Å². The van der Waals surface area contributed by atoms with Crippen LogP contribution in [0.1, 0.15) is 28.9 Å². The highest BCUT2D eigenvalue weighted by Gasteiger charge is 2.25. The number of aromatic nitrogens is 2. The first-order valence-electron chi connectivity index (χ1n) is 8.44. The number of nitrogens with one attached hydrogen (secondary N) is 1.